The van der Waals surface area contributed by atoms with Crippen molar-refractivity contribution in [2.75, 3.05) is 0 Å². The summed E-state index contributed by atoms with van der Waals surface area (Å²) in [6.07, 6.45) is 4.77. The standard InChI is InChI=1S/C8H4ClIN2O/c9-4-1-2-5-6(7(4)10)8(13)12-3-11-5/h1-3,6H/t6-/m1/s1. The lowest BCUT2D eigenvalue weighted by Gasteiger charge is -2.19. The fourth-order valence-corrected chi connectivity index (χ4v) is 2.12. The second-order valence-corrected chi connectivity index (χ2v) is 4.17. The van der Waals surface area contributed by atoms with E-state index < -0.39 is 0 Å². The second-order valence-electron chi connectivity index (χ2n) is 2.60. The highest BCUT2D eigenvalue weighted by molar-refractivity contribution is 14.1. The first-order valence-corrected chi connectivity index (χ1v) is 5.03. The van der Waals surface area contributed by atoms with Crippen molar-refractivity contribution in [2.24, 2.45) is 15.9 Å². The number of halogens is 2. The largest absolute Gasteiger partial charge is 0.271 e. The third kappa shape index (κ3) is 1.48. The molecule has 0 radical (unpaired) electrons. The molecule has 5 heteroatoms. The molecular weight excluding hydrogens is 302 g/mol. The van der Waals surface area contributed by atoms with Crippen LogP contribution in [0.1, 0.15) is 0 Å². The first-order valence-electron chi connectivity index (χ1n) is 3.57. The lowest BCUT2D eigenvalue weighted by Crippen LogP contribution is -2.26. The zero-order valence-corrected chi connectivity index (χ0v) is 9.28. The van der Waals surface area contributed by atoms with Gasteiger partial charge in [-0.05, 0) is 34.7 Å². The minimum atomic E-state index is -0.372. The minimum Gasteiger partial charge on any atom is -0.271 e. The molecule has 0 N–H and O–H groups in total. The molecule has 2 aliphatic rings. The highest BCUT2D eigenvalue weighted by Crippen LogP contribution is 2.32. The van der Waals surface area contributed by atoms with E-state index in [1.54, 1.807) is 12.2 Å². The van der Waals surface area contributed by atoms with Crippen molar-refractivity contribution in [1.82, 2.24) is 0 Å². The normalized spacial score (nSPS) is 26.2. The molecule has 66 valence electrons. The monoisotopic (exact) mass is 306 g/mol. The number of allylic oxidation sites excluding steroid dienone is 3. The van der Waals surface area contributed by atoms with Gasteiger partial charge in [0, 0.05) is 3.58 Å². The molecule has 1 aliphatic heterocycles. The Morgan fingerprint density at radius 3 is 3.00 bits per heavy atom. The Bertz CT molecular complexity index is 393. The van der Waals surface area contributed by atoms with Crippen LogP contribution in [-0.2, 0) is 4.79 Å². The molecular formula is C8H4ClIN2O. The molecule has 0 saturated heterocycles. The maximum atomic E-state index is 11.4. The number of amides is 1. The van der Waals surface area contributed by atoms with Crippen LogP contribution in [0.3, 0.4) is 0 Å². The van der Waals surface area contributed by atoms with E-state index in [1.165, 1.54) is 6.34 Å². The van der Waals surface area contributed by atoms with Crippen LogP contribution in [0.25, 0.3) is 0 Å². The lowest BCUT2D eigenvalue weighted by molar-refractivity contribution is -0.118. The van der Waals surface area contributed by atoms with E-state index in [1.807, 2.05) is 0 Å². The molecule has 0 saturated carbocycles. The van der Waals surface area contributed by atoms with E-state index in [0.717, 1.165) is 3.58 Å². The van der Waals surface area contributed by atoms with Crippen LogP contribution < -0.4 is 0 Å². The molecule has 0 fully saturated rings. The van der Waals surface area contributed by atoms with Gasteiger partial charge in [0.15, 0.2) is 0 Å². The molecule has 1 atom stereocenters. The maximum absolute atomic E-state index is 11.4. The fraction of sp³-hybridized carbons (Fsp3) is 0.125. The Hall–Kier alpha value is -0.490. The van der Waals surface area contributed by atoms with Crippen molar-refractivity contribution in [3.8, 4) is 0 Å². The number of rotatable bonds is 0. The third-order valence-electron chi connectivity index (χ3n) is 1.82. The van der Waals surface area contributed by atoms with Crippen LogP contribution in [0.2, 0.25) is 0 Å². The van der Waals surface area contributed by atoms with Gasteiger partial charge in [-0.2, -0.15) is 0 Å². The van der Waals surface area contributed by atoms with Crippen molar-refractivity contribution in [1.29, 1.82) is 0 Å². The van der Waals surface area contributed by atoms with Crippen molar-refractivity contribution >= 4 is 52.1 Å². The van der Waals surface area contributed by atoms with Crippen LogP contribution >= 0.6 is 34.2 Å². The minimum absolute atomic E-state index is 0.197. The number of aliphatic imine (C=N–C) groups is 2. The van der Waals surface area contributed by atoms with E-state index in [2.05, 4.69) is 32.6 Å². The summed E-state index contributed by atoms with van der Waals surface area (Å²) < 4.78 is 0.794. The number of hydrogen-bond donors (Lipinski definition) is 0. The van der Waals surface area contributed by atoms with Gasteiger partial charge >= 0.3 is 0 Å². The fourth-order valence-electron chi connectivity index (χ4n) is 1.18. The average Bonchev–Trinajstić information content (AvgIpc) is 2.12. The topological polar surface area (TPSA) is 41.8 Å². The lowest BCUT2D eigenvalue weighted by atomic mass is 9.97. The molecule has 0 bridgehead atoms. The van der Waals surface area contributed by atoms with Crippen molar-refractivity contribution in [3.05, 3.63) is 20.8 Å². The molecule has 0 spiro atoms. The molecule has 1 aliphatic carbocycles. The van der Waals surface area contributed by atoms with Crippen molar-refractivity contribution in [2.45, 2.75) is 0 Å². The maximum Gasteiger partial charge on any atom is 0.261 e. The molecule has 3 nitrogen and oxygen atoms in total. The Morgan fingerprint density at radius 2 is 2.23 bits per heavy atom. The number of carbonyl (C=O) groups excluding carboxylic acids is 1. The zero-order chi connectivity index (χ0) is 9.42. The predicted octanol–water partition coefficient (Wildman–Crippen LogP) is 2.07. The quantitative estimate of drug-likeness (QED) is 0.632. The summed E-state index contributed by atoms with van der Waals surface area (Å²) in [6.45, 7) is 0. The summed E-state index contributed by atoms with van der Waals surface area (Å²) in [5, 5.41) is 0.593. The predicted molar refractivity (Wildman–Crippen MR) is 60.5 cm³/mol. The first-order chi connectivity index (χ1) is 6.20. The zero-order valence-electron chi connectivity index (χ0n) is 6.37. The van der Waals surface area contributed by atoms with Gasteiger partial charge in [0.05, 0.1) is 10.7 Å². The molecule has 1 heterocycles. The summed E-state index contributed by atoms with van der Waals surface area (Å²) in [5.74, 6) is -0.569. The van der Waals surface area contributed by atoms with Crippen molar-refractivity contribution < 1.29 is 4.79 Å². The Kier molecular flexibility index (Phi) is 2.33. The molecule has 2 rings (SSSR count). The van der Waals surface area contributed by atoms with Gasteiger partial charge in [0.25, 0.3) is 5.91 Å². The SMILES string of the molecule is O=C1N=CN=C2C=CC(Cl)=C(I)[C@H]12. The van der Waals surface area contributed by atoms with Gasteiger partial charge in [-0.3, -0.25) is 4.79 Å². The summed E-state index contributed by atoms with van der Waals surface area (Å²) in [7, 11) is 0. The molecule has 13 heavy (non-hydrogen) atoms. The highest BCUT2D eigenvalue weighted by atomic mass is 127. The van der Waals surface area contributed by atoms with Crippen LogP contribution in [0.4, 0.5) is 0 Å². The molecule has 0 unspecified atom stereocenters. The smallest absolute Gasteiger partial charge is 0.261 e. The second kappa shape index (κ2) is 3.34. The number of hydrogen-bond acceptors (Lipinski definition) is 2. The van der Waals surface area contributed by atoms with Crippen LogP contribution in [0.15, 0.2) is 30.7 Å². The Balaban J connectivity index is 2.51. The Morgan fingerprint density at radius 1 is 1.46 bits per heavy atom. The van der Waals surface area contributed by atoms with E-state index >= 15 is 0 Å². The van der Waals surface area contributed by atoms with Crippen molar-refractivity contribution in [3.63, 3.8) is 0 Å². The van der Waals surface area contributed by atoms with Crippen LogP contribution in [0.5, 0.6) is 0 Å². The Labute approximate surface area is 93.4 Å². The first kappa shape index (κ1) is 9.08. The molecule has 0 aromatic rings. The summed E-state index contributed by atoms with van der Waals surface area (Å²) in [4.78, 5) is 19.0. The van der Waals surface area contributed by atoms with Gasteiger partial charge in [-0.25, -0.2) is 9.98 Å². The molecule has 0 aromatic carbocycles. The number of carbonyl (C=O) groups is 1. The summed E-state index contributed by atoms with van der Waals surface area (Å²) >= 11 is 7.93. The van der Waals surface area contributed by atoms with Gasteiger partial charge in [0.1, 0.15) is 12.3 Å². The van der Waals surface area contributed by atoms with Gasteiger partial charge in [0.2, 0.25) is 0 Å². The summed E-state index contributed by atoms with van der Waals surface area (Å²) in [6, 6.07) is 0. The van der Waals surface area contributed by atoms with Gasteiger partial charge in [-0.1, -0.05) is 11.6 Å². The average molecular weight is 306 g/mol. The van der Waals surface area contributed by atoms with Gasteiger partial charge < -0.3 is 0 Å². The van der Waals surface area contributed by atoms with E-state index in [0.29, 0.717) is 10.7 Å². The highest BCUT2D eigenvalue weighted by Gasteiger charge is 2.30. The number of fused-ring (bicyclic) bond motifs is 1. The molecule has 0 aromatic heterocycles. The van der Waals surface area contributed by atoms with Gasteiger partial charge in [-0.15, -0.1) is 0 Å². The van der Waals surface area contributed by atoms with E-state index in [9.17, 15) is 4.79 Å². The number of nitrogens with zero attached hydrogens (tertiary/aromatic N) is 2. The van der Waals surface area contributed by atoms with E-state index in [4.69, 9.17) is 11.6 Å². The van der Waals surface area contributed by atoms with E-state index in [-0.39, 0.29) is 11.8 Å². The van der Waals surface area contributed by atoms with Crippen LogP contribution in [0, 0.1) is 5.92 Å². The van der Waals surface area contributed by atoms with Crippen LogP contribution in [-0.4, -0.2) is 18.0 Å². The third-order valence-corrected chi connectivity index (χ3v) is 3.67. The summed E-state index contributed by atoms with van der Waals surface area (Å²) in [5.41, 5.74) is 0.716. The molecule has 1 amide bonds.